The van der Waals surface area contributed by atoms with Gasteiger partial charge in [-0.3, -0.25) is 4.79 Å². The molecule has 0 unspecified atom stereocenters. The van der Waals surface area contributed by atoms with Gasteiger partial charge in [-0.1, -0.05) is 6.07 Å². The van der Waals surface area contributed by atoms with E-state index in [4.69, 9.17) is 4.74 Å². The van der Waals surface area contributed by atoms with Crippen LogP contribution in [0.1, 0.15) is 12.5 Å². The number of hydrogen-bond acceptors (Lipinski definition) is 5. The van der Waals surface area contributed by atoms with Crippen molar-refractivity contribution in [2.75, 3.05) is 10.6 Å². The molecule has 2 aromatic heterocycles. The van der Waals surface area contributed by atoms with Crippen LogP contribution in [-0.4, -0.2) is 20.4 Å². The minimum Gasteiger partial charge on any atom is -0.457 e. The van der Waals surface area contributed by atoms with Crippen molar-refractivity contribution in [3.63, 3.8) is 0 Å². The Morgan fingerprint density at radius 3 is 2.67 bits per heavy atom. The molecule has 0 aliphatic carbocycles. The number of ether oxygens (including phenoxy) is 1. The Bertz CT molecular complexity index is 1250. The number of carbonyl (C=O) groups excluding carboxylic acids is 1. The minimum atomic E-state index is -0.334. The van der Waals surface area contributed by atoms with Crippen molar-refractivity contribution in [3.8, 4) is 11.5 Å². The lowest BCUT2D eigenvalue weighted by atomic mass is 10.2. The van der Waals surface area contributed by atoms with Gasteiger partial charge in [0.15, 0.2) is 0 Å². The van der Waals surface area contributed by atoms with Crippen LogP contribution in [0.2, 0.25) is 0 Å². The molecule has 0 spiro atoms. The fraction of sp³-hybridized carbons (Fsp3) is 0.136. The molecule has 7 nitrogen and oxygen atoms in total. The van der Waals surface area contributed by atoms with Crippen LogP contribution >= 0.6 is 0 Å². The van der Waals surface area contributed by atoms with Crippen molar-refractivity contribution in [1.82, 2.24) is 14.5 Å². The zero-order valence-corrected chi connectivity index (χ0v) is 16.7. The zero-order chi connectivity index (χ0) is 21.3. The molecule has 0 radical (unpaired) electrons. The molecule has 2 N–H and O–H groups in total. The highest BCUT2D eigenvalue weighted by atomic mass is 19.1. The molecule has 8 heteroatoms. The predicted molar refractivity (Wildman–Crippen MR) is 114 cm³/mol. The van der Waals surface area contributed by atoms with Crippen LogP contribution in [0.4, 0.5) is 21.8 Å². The summed E-state index contributed by atoms with van der Waals surface area (Å²) in [6.07, 6.45) is 1.55. The van der Waals surface area contributed by atoms with Gasteiger partial charge < -0.3 is 19.9 Å². The van der Waals surface area contributed by atoms with Crippen LogP contribution in [0, 0.1) is 12.7 Å². The van der Waals surface area contributed by atoms with E-state index in [1.54, 1.807) is 30.5 Å². The van der Waals surface area contributed by atoms with Crippen molar-refractivity contribution >= 4 is 34.4 Å². The molecule has 2 heterocycles. The van der Waals surface area contributed by atoms with Gasteiger partial charge in [0.1, 0.15) is 23.1 Å². The average molecular weight is 405 g/mol. The SMILES string of the molecule is CC(=O)Nc1cc(Oc2ccc3c(c2)nc(Nc2ccc(C)cc2F)n3C)ccn1. The van der Waals surface area contributed by atoms with E-state index in [9.17, 15) is 9.18 Å². The largest absolute Gasteiger partial charge is 0.457 e. The van der Waals surface area contributed by atoms with Gasteiger partial charge in [-0.05, 0) is 42.8 Å². The van der Waals surface area contributed by atoms with Crippen LogP contribution < -0.4 is 15.4 Å². The van der Waals surface area contributed by atoms with Crippen molar-refractivity contribution < 1.29 is 13.9 Å². The maximum atomic E-state index is 14.2. The molecule has 0 bridgehead atoms. The quantitative estimate of drug-likeness (QED) is 0.493. The Hall–Kier alpha value is -3.94. The number of nitrogens with zero attached hydrogens (tertiary/aromatic N) is 3. The first kappa shape index (κ1) is 19.4. The van der Waals surface area contributed by atoms with Gasteiger partial charge in [-0.2, -0.15) is 0 Å². The number of aryl methyl sites for hydroxylation is 2. The molecule has 30 heavy (non-hydrogen) atoms. The van der Waals surface area contributed by atoms with E-state index in [-0.39, 0.29) is 11.7 Å². The summed E-state index contributed by atoms with van der Waals surface area (Å²) in [7, 11) is 1.85. The number of aromatic nitrogens is 3. The summed E-state index contributed by atoms with van der Waals surface area (Å²) in [6.45, 7) is 3.25. The highest BCUT2D eigenvalue weighted by Gasteiger charge is 2.12. The maximum absolute atomic E-state index is 14.2. The second-order valence-electron chi connectivity index (χ2n) is 6.91. The number of carbonyl (C=O) groups is 1. The number of nitrogens with one attached hydrogen (secondary N) is 2. The second-order valence-corrected chi connectivity index (χ2v) is 6.91. The van der Waals surface area contributed by atoms with Crippen LogP contribution in [0.3, 0.4) is 0 Å². The predicted octanol–water partition coefficient (Wildman–Crippen LogP) is 4.91. The van der Waals surface area contributed by atoms with E-state index in [0.29, 0.717) is 34.5 Å². The molecule has 0 atom stereocenters. The Kier molecular flexibility index (Phi) is 5.05. The lowest BCUT2D eigenvalue weighted by Crippen LogP contribution is -2.07. The molecule has 1 amide bonds. The summed E-state index contributed by atoms with van der Waals surface area (Å²) < 4.78 is 21.9. The molecule has 4 aromatic rings. The van der Waals surface area contributed by atoms with E-state index >= 15 is 0 Å². The highest BCUT2D eigenvalue weighted by Crippen LogP contribution is 2.29. The summed E-state index contributed by atoms with van der Waals surface area (Å²) >= 11 is 0. The van der Waals surface area contributed by atoms with Crippen LogP contribution in [0.15, 0.2) is 54.7 Å². The molecule has 0 aliphatic heterocycles. The summed E-state index contributed by atoms with van der Waals surface area (Å²) in [6, 6.07) is 13.8. The van der Waals surface area contributed by atoms with E-state index < -0.39 is 0 Å². The van der Waals surface area contributed by atoms with Crippen LogP contribution in [0.25, 0.3) is 11.0 Å². The fourth-order valence-corrected chi connectivity index (χ4v) is 3.06. The number of anilines is 3. The molecular weight excluding hydrogens is 385 g/mol. The molecule has 0 fully saturated rings. The molecule has 0 aliphatic rings. The Labute approximate surface area is 172 Å². The summed E-state index contributed by atoms with van der Waals surface area (Å²) in [5.41, 5.74) is 2.77. The highest BCUT2D eigenvalue weighted by molar-refractivity contribution is 5.87. The molecule has 4 rings (SSSR count). The summed E-state index contributed by atoms with van der Waals surface area (Å²) in [5, 5.41) is 5.66. The van der Waals surface area contributed by atoms with E-state index in [1.165, 1.54) is 13.0 Å². The lowest BCUT2D eigenvalue weighted by Gasteiger charge is -2.08. The van der Waals surface area contributed by atoms with Gasteiger partial charge in [0, 0.05) is 32.3 Å². The van der Waals surface area contributed by atoms with Gasteiger partial charge in [0.25, 0.3) is 0 Å². The number of imidazole rings is 1. The third-order valence-corrected chi connectivity index (χ3v) is 4.49. The number of pyridine rings is 1. The third kappa shape index (κ3) is 4.07. The number of hydrogen-bond donors (Lipinski definition) is 2. The van der Waals surface area contributed by atoms with E-state index in [2.05, 4.69) is 20.6 Å². The first-order valence-electron chi connectivity index (χ1n) is 9.30. The van der Waals surface area contributed by atoms with Crippen molar-refractivity contribution in [3.05, 3.63) is 66.1 Å². The van der Waals surface area contributed by atoms with Crippen molar-refractivity contribution in [1.29, 1.82) is 0 Å². The number of rotatable bonds is 5. The smallest absolute Gasteiger partial charge is 0.222 e. The monoisotopic (exact) mass is 405 g/mol. The minimum absolute atomic E-state index is 0.209. The molecule has 152 valence electrons. The first-order valence-corrected chi connectivity index (χ1v) is 9.30. The number of amides is 1. The molecule has 2 aromatic carbocycles. The average Bonchev–Trinajstić information content (AvgIpc) is 2.99. The Morgan fingerprint density at radius 1 is 1.10 bits per heavy atom. The third-order valence-electron chi connectivity index (χ3n) is 4.49. The summed E-state index contributed by atoms with van der Waals surface area (Å²) in [4.78, 5) is 19.8. The number of benzene rings is 2. The fourth-order valence-electron chi connectivity index (χ4n) is 3.06. The second kappa shape index (κ2) is 7.82. The van der Waals surface area contributed by atoms with Crippen LogP contribution in [0.5, 0.6) is 11.5 Å². The maximum Gasteiger partial charge on any atom is 0.222 e. The molecule has 0 saturated carbocycles. The van der Waals surface area contributed by atoms with E-state index in [1.807, 2.05) is 36.7 Å². The standard InChI is InChI=1S/C22H20FN5O2/c1-13-4-6-18(17(23)10-13)26-22-27-19-11-15(5-7-20(19)28(22)3)30-16-8-9-24-21(12-16)25-14(2)29/h4-12H,1-3H3,(H,26,27)(H,24,25,29). The number of halogens is 1. The lowest BCUT2D eigenvalue weighted by molar-refractivity contribution is -0.114. The van der Waals surface area contributed by atoms with Gasteiger partial charge in [0.05, 0.1) is 16.7 Å². The van der Waals surface area contributed by atoms with Crippen molar-refractivity contribution in [2.24, 2.45) is 7.05 Å². The van der Waals surface area contributed by atoms with Gasteiger partial charge >= 0.3 is 0 Å². The number of fused-ring (bicyclic) bond motifs is 1. The normalized spacial score (nSPS) is 10.8. The Balaban J connectivity index is 1.60. The zero-order valence-electron chi connectivity index (χ0n) is 16.7. The Morgan fingerprint density at radius 2 is 1.90 bits per heavy atom. The van der Waals surface area contributed by atoms with E-state index in [0.717, 1.165) is 11.1 Å². The molecular formula is C22H20FN5O2. The first-order chi connectivity index (χ1) is 14.4. The van der Waals surface area contributed by atoms with Gasteiger partial charge in [-0.15, -0.1) is 0 Å². The molecule has 0 saturated heterocycles. The van der Waals surface area contributed by atoms with Gasteiger partial charge in [0.2, 0.25) is 11.9 Å². The van der Waals surface area contributed by atoms with Crippen LogP contribution in [-0.2, 0) is 11.8 Å². The summed E-state index contributed by atoms with van der Waals surface area (Å²) in [5.74, 6) is 1.49. The van der Waals surface area contributed by atoms with Crippen molar-refractivity contribution in [2.45, 2.75) is 13.8 Å². The topological polar surface area (TPSA) is 81.1 Å². The van der Waals surface area contributed by atoms with Gasteiger partial charge in [-0.25, -0.2) is 14.4 Å².